The van der Waals surface area contributed by atoms with Crippen molar-refractivity contribution in [3.63, 3.8) is 0 Å². The van der Waals surface area contributed by atoms with Crippen LogP contribution in [-0.4, -0.2) is 30.0 Å². The van der Waals surface area contributed by atoms with Crippen molar-refractivity contribution in [1.29, 1.82) is 0 Å². The van der Waals surface area contributed by atoms with Crippen LogP contribution in [-0.2, 0) is 27.5 Å². The maximum absolute atomic E-state index is 13.8. The van der Waals surface area contributed by atoms with Crippen molar-refractivity contribution >= 4 is 26.8 Å². The van der Waals surface area contributed by atoms with Gasteiger partial charge >= 0.3 is 0 Å². The first-order valence-electron chi connectivity index (χ1n) is 4.81. The fraction of sp³-hybridized carbons (Fsp3) is 0.333. The summed E-state index contributed by atoms with van der Waals surface area (Å²) in [6, 6.07) is 0.734. The van der Waals surface area contributed by atoms with Gasteiger partial charge in [-0.2, -0.15) is 0 Å². The summed E-state index contributed by atoms with van der Waals surface area (Å²) in [7, 11) is -3.64. The number of fused-ring (bicyclic) bond motifs is 1. The minimum Gasteiger partial charge on any atom is -0.768 e. The van der Waals surface area contributed by atoms with Crippen molar-refractivity contribution in [2.45, 2.75) is 11.3 Å². The summed E-state index contributed by atoms with van der Waals surface area (Å²) in [6.07, 6.45) is 0.927. The molecule has 1 aliphatic heterocycles. The number of rotatable bonds is 2. The summed E-state index contributed by atoms with van der Waals surface area (Å²) in [5.74, 6) is -2.51. The minimum absolute atomic E-state index is 0.0126. The predicted molar refractivity (Wildman–Crippen MR) is 59.4 cm³/mol. The molecule has 1 heterocycles. The molecule has 100 valence electrons. The van der Waals surface area contributed by atoms with Crippen LogP contribution in [0.15, 0.2) is 11.0 Å². The molecule has 5 nitrogen and oxygen atoms in total. The fourth-order valence-electron chi connectivity index (χ4n) is 1.92. The lowest BCUT2D eigenvalue weighted by molar-refractivity contribution is 0.493. The van der Waals surface area contributed by atoms with Crippen LogP contribution in [0.3, 0.4) is 0 Å². The minimum atomic E-state index is -3.64. The smallest absolute Gasteiger partial charge is 0.232 e. The predicted octanol–water partition coefficient (Wildman–Crippen LogP) is 0.525. The van der Waals surface area contributed by atoms with Gasteiger partial charge in [-0.05, 0) is 23.6 Å². The van der Waals surface area contributed by atoms with E-state index >= 15 is 0 Å². The van der Waals surface area contributed by atoms with E-state index in [-0.39, 0.29) is 24.2 Å². The van der Waals surface area contributed by atoms with Crippen molar-refractivity contribution in [2.24, 2.45) is 0 Å². The van der Waals surface area contributed by atoms with Crippen LogP contribution in [0.1, 0.15) is 5.56 Å². The lowest BCUT2D eigenvalue weighted by Crippen LogP contribution is -2.27. The van der Waals surface area contributed by atoms with E-state index in [1.165, 1.54) is 0 Å². The summed E-state index contributed by atoms with van der Waals surface area (Å²) in [5, 5.41) is 0. The first-order chi connectivity index (χ1) is 8.23. The summed E-state index contributed by atoms with van der Waals surface area (Å²) in [4.78, 5) is -1.05. The lowest BCUT2D eigenvalue weighted by atomic mass is 10.1. The molecule has 18 heavy (non-hydrogen) atoms. The fourth-order valence-corrected chi connectivity index (χ4v) is 3.35. The molecule has 0 saturated carbocycles. The van der Waals surface area contributed by atoms with E-state index < -0.39 is 37.6 Å². The Morgan fingerprint density at radius 3 is 2.56 bits per heavy atom. The first-order valence-corrected chi connectivity index (χ1v) is 7.73. The molecular weight excluding hydrogens is 288 g/mol. The molecule has 1 atom stereocenters. The van der Waals surface area contributed by atoms with Crippen LogP contribution in [0.4, 0.5) is 14.5 Å². The van der Waals surface area contributed by atoms with Gasteiger partial charge in [-0.3, -0.25) is 8.51 Å². The van der Waals surface area contributed by atoms with E-state index in [4.69, 9.17) is 0 Å². The topological polar surface area (TPSA) is 77.5 Å². The SMILES string of the molecule is CS(=O)(=O)N1CCc2c1cc(F)c(S(=O)[O-])c2F. The zero-order valence-corrected chi connectivity index (χ0v) is 10.8. The maximum Gasteiger partial charge on any atom is 0.232 e. The summed E-state index contributed by atoms with van der Waals surface area (Å²) < 4.78 is 72.3. The third-order valence-electron chi connectivity index (χ3n) is 2.65. The molecule has 0 aliphatic carbocycles. The Kier molecular flexibility index (Phi) is 3.16. The van der Waals surface area contributed by atoms with Crippen molar-refractivity contribution in [1.82, 2.24) is 0 Å². The second-order valence-electron chi connectivity index (χ2n) is 3.82. The number of hydrogen-bond donors (Lipinski definition) is 0. The van der Waals surface area contributed by atoms with E-state index in [0.717, 1.165) is 16.6 Å². The molecule has 0 fully saturated rings. The van der Waals surface area contributed by atoms with Crippen molar-refractivity contribution in [3.8, 4) is 0 Å². The molecule has 1 aromatic rings. The molecule has 0 aromatic heterocycles. The molecule has 0 saturated heterocycles. The zero-order chi connectivity index (χ0) is 13.7. The Balaban J connectivity index is 2.69. The summed E-state index contributed by atoms with van der Waals surface area (Å²) in [5.41, 5.74) is -0.234. The van der Waals surface area contributed by atoms with E-state index in [1.807, 2.05) is 0 Å². The average Bonchev–Trinajstić information content (AvgIpc) is 2.59. The molecule has 1 unspecified atom stereocenters. The van der Waals surface area contributed by atoms with Gasteiger partial charge in [-0.25, -0.2) is 17.2 Å². The highest BCUT2D eigenvalue weighted by molar-refractivity contribution is 7.92. The zero-order valence-electron chi connectivity index (χ0n) is 9.14. The van der Waals surface area contributed by atoms with Crippen LogP contribution < -0.4 is 4.31 Å². The van der Waals surface area contributed by atoms with Gasteiger partial charge in [0.1, 0.15) is 11.6 Å². The number of sulfonamides is 1. The van der Waals surface area contributed by atoms with Gasteiger partial charge < -0.3 is 4.55 Å². The van der Waals surface area contributed by atoms with Gasteiger partial charge in [0, 0.05) is 12.1 Å². The van der Waals surface area contributed by atoms with E-state index in [9.17, 15) is 26.0 Å². The van der Waals surface area contributed by atoms with E-state index in [2.05, 4.69) is 0 Å². The molecule has 0 radical (unpaired) electrons. The maximum atomic E-state index is 13.8. The van der Waals surface area contributed by atoms with Crippen molar-refractivity contribution in [2.75, 3.05) is 17.1 Å². The van der Waals surface area contributed by atoms with Crippen LogP contribution >= 0.6 is 0 Å². The normalized spacial score (nSPS) is 16.8. The van der Waals surface area contributed by atoms with E-state index in [1.54, 1.807) is 0 Å². The Bertz CT molecular complexity index is 644. The molecule has 0 amide bonds. The molecule has 1 aliphatic rings. The van der Waals surface area contributed by atoms with Crippen LogP contribution in [0.25, 0.3) is 0 Å². The third-order valence-corrected chi connectivity index (χ3v) is 4.54. The van der Waals surface area contributed by atoms with Gasteiger partial charge in [0.2, 0.25) is 10.0 Å². The largest absolute Gasteiger partial charge is 0.768 e. The Morgan fingerprint density at radius 2 is 2.06 bits per heavy atom. The monoisotopic (exact) mass is 296 g/mol. The van der Waals surface area contributed by atoms with E-state index in [0.29, 0.717) is 0 Å². The highest BCUT2D eigenvalue weighted by Gasteiger charge is 2.31. The second kappa shape index (κ2) is 4.25. The molecule has 0 spiro atoms. The second-order valence-corrected chi connectivity index (χ2v) is 6.60. The number of benzene rings is 1. The quantitative estimate of drug-likeness (QED) is 0.746. The first kappa shape index (κ1) is 13.4. The lowest BCUT2D eigenvalue weighted by Gasteiger charge is -2.18. The number of nitrogens with zero attached hydrogens (tertiary/aromatic N) is 1. The van der Waals surface area contributed by atoms with Crippen LogP contribution in [0.5, 0.6) is 0 Å². The van der Waals surface area contributed by atoms with Crippen LogP contribution in [0.2, 0.25) is 0 Å². The molecule has 2 rings (SSSR count). The highest BCUT2D eigenvalue weighted by Crippen LogP contribution is 2.35. The van der Waals surface area contributed by atoms with Crippen LogP contribution in [0, 0.1) is 11.6 Å². The third kappa shape index (κ3) is 2.02. The van der Waals surface area contributed by atoms with Crippen molar-refractivity contribution in [3.05, 3.63) is 23.3 Å². The molecular formula is C9H8F2NO4S2-. The van der Waals surface area contributed by atoms with Gasteiger partial charge in [0.25, 0.3) is 0 Å². The van der Waals surface area contributed by atoms with Gasteiger partial charge in [0.05, 0.1) is 16.8 Å². The van der Waals surface area contributed by atoms with Gasteiger partial charge in [-0.1, -0.05) is 0 Å². The molecule has 1 aromatic carbocycles. The summed E-state index contributed by atoms with van der Waals surface area (Å²) >= 11 is -3.04. The van der Waals surface area contributed by atoms with Gasteiger partial charge in [0.15, 0.2) is 0 Å². The Labute approximate surface area is 105 Å². The highest BCUT2D eigenvalue weighted by atomic mass is 32.2. The average molecular weight is 296 g/mol. The molecule has 9 heteroatoms. The number of halogens is 2. The Hall–Kier alpha value is -1.06. The Morgan fingerprint density at radius 1 is 1.44 bits per heavy atom. The van der Waals surface area contributed by atoms with Crippen molar-refractivity contribution < 1.29 is 26.0 Å². The standard InChI is InChI=1S/C9H9F2NO4S2/c1-18(15,16)12-3-2-5-7(12)4-6(10)9(8(5)11)17(13)14/h4H,2-3H2,1H3,(H,13,14)/p-1. The summed E-state index contributed by atoms with van der Waals surface area (Å²) in [6.45, 7) is -0.0283. The number of anilines is 1. The molecule has 0 bridgehead atoms. The molecule has 0 N–H and O–H groups in total. The van der Waals surface area contributed by atoms with Gasteiger partial charge in [-0.15, -0.1) is 0 Å². The number of hydrogen-bond acceptors (Lipinski definition) is 4.